The summed E-state index contributed by atoms with van der Waals surface area (Å²) in [5.74, 6) is 1.89. The first-order chi connectivity index (χ1) is 10.8. The molecule has 3 heteroatoms. The average molecular weight is 298 g/mol. The van der Waals surface area contributed by atoms with Crippen molar-refractivity contribution in [2.24, 2.45) is 5.92 Å². The molecule has 2 heterocycles. The summed E-state index contributed by atoms with van der Waals surface area (Å²) in [5.41, 5.74) is 4.47. The normalized spacial score (nSPS) is 18.6. The van der Waals surface area contributed by atoms with Crippen LogP contribution in [-0.2, 0) is 13.0 Å². The van der Waals surface area contributed by atoms with Crippen molar-refractivity contribution in [1.29, 1.82) is 0 Å². The van der Waals surface area contributed by atoms with Crippen LogP contribution in [0.5, 0.6) is 5.75 Å². The topological polar surface area (TPSA) is 26.2 Å². The number of rotatable bonds is 6. The Morgan fingerprint density at radius 3 is 2.95 bits per heavy atom. The van der Waals surface area contributed by atoms with Gasteiger partial charge in [0, 0.05) is 29.2 Å². The van der Waals surface area contributed by atoms with E-state index in [0.717, 1.165) is 24.6 Å². The first kappa shape index (κ1) is 14.1. The third kappa shape index (κ3) is 2.32. The van der Waals surface area contributed by atoms with Crippen molar-refractivity contribution in [1.82, 2.24) is 9.88 Å². The highest BCUT2D eigenvalue weighted by molar-refractivity contribution is 5.88. The molecule has 4 rings (SSSR count). The summed E-state index contributed by atoms with van der Waals surface area (Å²) in [4.78, 5) is 0. The summed E-state index contributed by atoms with van der Waals surface area (Å²) in [5, 5.41) is 5.23. The van der Waals surface area contributed by atoms with Crippen LogP contribution in [-0.4, -0.2) is 18.2 Å². The minimum absolute atomic E-state index is 0.476. The van der Waals surface area contributed by atoms with Crippen molar-refractivity contribution in [2.45, 2.75) is 51.6 Å². The van der Waals surface area contributed by atoms with E-state index in [0.29, 0.717) is 6.04 Å². The third-order valence-corrected chi connectivity index (χ3v) is 5.32. The lowest BCUT2D eigenvalue weighted by molar-refractivity contribution is 0.415. The molecule has 118 valence electrons. The number of aryl methyl sites for hydroxylation is 1. The van der Waals surface area contributed by atoms with Crippen LogP contribution in [0.25, 0.3) is 10.9 Å². The van der Waals surface area contributed by atoms with Gasteiger partial charge in [-0.25, -0.2) is 0 Å². The Kier molecular flexibility index (Phi) is 3.61. The fourth-order valence-corrected chi connectivity index (χ4v) is 3.94. The van der Waals surface area contributed by atoms with Gasteiger partial charge < -0.3 is 14.6 Å². The minimum Gasteiger partial charge on any atom is -0.497 e. The van der Waals surface area contributed by atoms with Crippen LogP contribution in [0.1, 0.15) is 49.9 Å². The molecule has 3 nitrogen and oxygen atoms in total. The first-order valence-electron chi connectivity index (χ1n) is 8.74. The molecular weight excluding hydrogens is 272 g/mol. The number of methoxy groups -OCH3 is 1. The second-order valence-corrected chi connectivity index (χ2v) is 6.81. The monoisotopic (exact) mass is 298 g/mol. The van der Waals surface area contributed by atoms with Crippen molar-refractivity contribution in [3.05, 3.63) is 29.5 Å². The summed E-state index contributed by atoms with van der Waals surface area (Å²) < 4.78 is 8.00. The van der Waals surface area contributed by atoms with Crippen molar-refractivity contribution in [3.8, 4) is 5.75 Å². The molecule has 0 amide bonds. The van der Waals surface area contributed by atoms with E-state index in [-0.39, 0.29) is 0 Å². The Bertz CT molecular complexity index is 684. The van der Waals surface area contributed by atoms with Gasteiger partial charge in [-0.3, -0.25) is 0 Å². The van der Waals surface area contributed by atoms with E-state index >= 15 is 0 Å². The summed E-state index contributed by atoms with van der Waals surface area (Å²) in [6, 6.07) is 7.04. The second kappa shape index (κ2) is 5.62. The number of nitrogens with zero attached hydrogens (tertiary/aromatic N) is 1. The lowest BCUT2D eigenvalue weighted by Crippen LogP contribution is -2.23. The molecule has 2 aliphatic rings. The molecule has 0 radical (unpaired) electrons. The highest BCUT2D eigenvalue weighted by Crippen LogP contribution is 2.38. The van der Waals surface area contributed by atoms with Gasteiger partial charge >= 0.3 is 0 Å². The Morgan fingerprint density at radius 1 is 1.36 bits per heavy atom. The SMILES string of the molecule is CC[C@H](NCC1CC1)c1c2n(c3ccc(OC)cc13)CCC2. The highest BCUT2D eigenvalue weighted by Gasteiger charge is 2.28. The maximum atomic E-state index is 5.47. The molecule has 1 fully saturated rings. The molecule has 0 unspecified atom stereocenters. The number of hydrogen-bond acceptors (Lipinski definition) is 2. The van der Waals surface area contributed by atoms with Gasteiger partial charge in [-0.2, -0.15) is 0 Å². The van der Waals surface area contributed by atoms with Crippen LogP contribution in [0, 0.1) is 5.92 Å². The molecular formula is C19H26N2O. The quantitative estimate of drug-likeness (QED) is 0.871. The fourth-order valence-electron chi connectivity index (χ4n) is 3.94. The van der Waals surface area contributed by atoms with Gasteiger partial charge in [0.2, 0.25) is 0 Å². The summed E-state index contributed by atoms with van der Waals surface area (Å²) in [7, 11) is 1.76. The molecule has 1 aromatic heterocycles. The fraction of sp³-hybridized carbons (Fsp3) is 0.579. The van der Waals surface area contributed by atoms with Gasteiger partial charge in [0.25, 0.3) is 0 Å². The van der Waals surface area contributed by atoms with Crippen LogP contribution in [0.15, 0.2) is 18.2 Å². The van der Waals surface area contributed by atoms with Crippen molar-refractivity contribution < 1.29 is 4.74 Å². The zero-order valence-electron chi connectivity index (χ0n) is 13.7. The number of ether oxygens (including phenoxy) is 1. The van der Waals surface area contributed by atoms with Gasteiger partial charge in [-0.15, -0.1) is 0 Å². The zero-order chi connectivity index (χ0) is 15.1. The van der Waals surface area contributed by atoms with E-state index in [1.165, 1.54) is 48.7 Å². The Hall–Kier alpha value is -1.48. The first-order valence-corrected chi connectivity index (χ1v) is 8.74. The van der Waals surface area contributed by atoms with Gasteiger partial charge in [-0.05, 0) is 68.3 Å². The summed E-state index contributed by atoms with van der Waals surface area (Å²) in [6.45, 7) is 4.64. The van der Waals surface area contributed by atoms with Crippen LogP contribution in [0.2, 0.25) is 0 Å². The molecule has 1 saturated carbocycles. The van der Waals surface area contributed by atoms with Crippen molar-refractivity contribution >= 4 is 10.9 Å². The molecule has 1 aliphatic carbocycles. The van der Waals surface area contributed by atoms with E-state index in [1.54, 1.807) is 12.8 Å². The Morgan fingerprint density at radius 2 is 2.23 bits per heavy atom. The number of hydrogen-bond donors (Lipinski definition) is 1. The predicted octanol–water partition coefficient (Wildman–Crippen LogP) is 4.05. The van der Waals surface area contributed by atoms with Crippen LogP contribution in [0.4, 0.5) is 0 Å². The third-order valence-electron chi connectivity index (χ3n) is 5.32. The van der Waals surface area contributed by atoms with E-state index in [1.807, 2.05) is 0 Å². The number of nitrogens with one attached hydrogen (secondary N) is 1. The number of benzene rings is 1. The number of fused-ring (bicyclic) bond motifs is 3. The van der Waals surface area contributed by atoms with Crippen LogP contribution in [0.3, 0.4) is 0 Å². The highest BCUT2D eigenvalue weighted by atomic mass is 16.5. The molecule has 1 atom stereocenters. The van der Waals surface area contributed by atoms with Gasteiger partial charge in [0.1, 0.15) is 5.75 Å². The van der Waals surface area contributed by atoms with Gasteiger partial charge in [0.15, 0.2) is 0 Å². The number of aromatic nitrogens is 1. The van der Waals surface area contributed by atoms with E-state index in [9.17, 15) is 0 Å². The standard InChI is InChI=1S/C19H26N2O/c1-3-16(20-12-13-6-7-13)19-15-11-14(22-2)8-9-17(15)21-10-4-5-18(19)21/h8-9,11,13,16,20H,3-7,10,12H2,1-2H3/t16-/m0/s1. The zero-order valence-corrected chi connectivity index (χ0v) is 13.7. The molecule has 1 aliphatic heterocycles. The van der Waals surface area contributed by atoms with E-state index in [2.05, 4.69) is 35.0 Å². The molecule has 0 bridgehead atoms. The van der Waals surface area contributed by atoms with E-state index in [4.69, 9.17) is 4.74 Å². The second-order valence-electron chi connectivity index (χ2n) is 6.81. The maximum absolute atomic E-state index is 5.47. The predicted molar refractivity (Wildman–Crippen MR) is 90.6 cm³/mol. The van der Waals surface area contributed by atoms with Crippen LogP contribution >= 0.6 is 0 Å². The lowest BCUT2D eigenvalue weighted by Gasteiger charge is -2.18. The van der Waals surface area contributed by atoms with Gasteiger partial charge in [-0.1, -0.05) is 6.92 Å². The Labute approximate surface area is 132 Å². The molecule has 22 heavy (non-hydrogen) atoms. The van der Waals surface area contributed by atoms with Crippen molar-refractivity contribution in [2.75, 3.05) is 13.7 Å². The van der Waals surface area contributed by atoms with Gasteiger partial charge in [0.05, 0.1) is 7.11 Å². The summed E-state index contributed by atoms with van der Waals surface area (Å²) in [6.07, 6.45) is 6.46. The van der Waals surface area contributed by atoms with E-state index < -0.39 is 0 Å². The lowest BCUT2D eigenvalue weighted by atomic mass is 9.98. The molecule has 0 saturated heterocycles. The minimum atomic E-state index is 0.476. The largest absolute Gasteiger partial charge is 0.497 e. The smallest absolute Gasteiger partial charge is 0.119 e. The summed E-state index contributed by atoms with van der Waals surface area (Å²) >= 11 is 0. The molecule has 1 N–H and O–H groups in total. The average Bonchev–Trinajstić information content (AvgIpc) is 3.17. The molecule has 0 spiro atoms. The maximum Gasteiger partial charge on any atom is 0.119 e. The Balaban J connectivity index is 1.79. The molecule has 1 aromatic carbocycles. The molecule has 2 aromatic rings. The van der Waals surface area contributed by atoms with Crippen molar-refractivity contribution in [3.63, 3.8) is 0 Å². The van der Waals surface area contributed by atoms with Crippen LogP contribution < -0.4 is 10.1 Å².